The number of ether oxygens (including phenoxy) is 1. The first-order valence-electron chi connectivity index (χ1n) is 9.62. The number of likely N-dealkylation sites (N-methyl/N-ethyl adjacent to an activating group) is 1. The summed E-state index contributed by atoms with van der Waals surface area (Å²) in [4.78, 5) is 14.9. The van der Waals surface area contributed by atoms with Gasteiger partial charge in [0.15, 0.2) is 0 Å². The Kier molecular flexibility index (Phi) is 4.82. The Balaban J connectivity index is 1.57. The molecule has 2 aromatic carbocycles. The summed E-state index contributed by atoms with van der Waals surface area (Å²) in [5, 5.41) is 0. The monoisotopic (exact) mass is 349 g/mol. The number of carbonyl (C=O) groups is 1. The van der Waals surface area contributed by atoms with Crippen LogP contribution in [0.25, 0.3) is 0 Å². The van der Waals surface area contributed by atoms with E-state index in [9.17, 15) is 4.79 Å². The Hall–Kier alpha value is -2.13. The number of fused-ring (bicyclic) bond motifs is 3. The van der Waals surface area contributed by atoms with Gasteiger partial charge in [-0.15, -0.1) is 0 Å². The van der Waals surface area contributed by atoms with E-state index in [4.69, 9.17) is 4.74 Å². The second kappa shape index (κ2) is 7.24. The lowest BCUT2D eigenvalue weighted by Crippen LogP contribution is -2.56. The summed E-state index contributed by atoms with van der Waals surface area (Å²) in [6.07, 6.45) is 3.37. The minimum absolute atomic E-state index is 0.0221. The van der Waals surface area contributed by atoms with Gasteiger partial charge in [0.25, 0.3) is 0 Å². The maximum Gasteiger partial charge on any atom is 0.338 e. The fraction of sp³-hybridized carbons (Fsp3) is 0.435. The molecule has 3 aliphatic carbocycles. The first-order valence-corrected chi connectivity index (χ1v) is 9.62. The SMILES string of the molecule is CN(C)[C@@H]1[C@@H]2CC[C@@H](C[C@H]2OC(=O)c2ccccc2)[C@H]1c1ccccc1. The summed E-state index contributed by atoms with van der Waals surface area (Å²) >= 11 is 0. The van der Waals surface area contributed by atoms with E-state index < -0.39 is 0 Å². The van der Waals surface area contributed by atoms with Gasteiger partial charge >= 0.3 is 5.97 Å². The van der Waals surface area contributed by atoms with Gasteiger partial charge in [-0.05, 0) is 57.0 Å². The predicted octanol–water partition coefficient (Wildman–Crippen LogP) is 4.36. The minimum Gasteiger partial charge on any atom is -0.458 e. The van der Waals surface area contributed by atoms with E-state index in [2.05, 4.69) is 49.3 Å². The van der Waals surface area contributed by atoms with Crippen LogP contribution in [0.1, 0.15) is 41.1 Å². The van der Waals surface area contributed by atoms with Gasteiger partial charge in [-0.1, -0.05) is 48.5 Å². The first-order chi connectivity index (χ1) is 12.6. The zero-order valence-corrected chi connectivity index (χ0v) is 15.5. The van der Waals surface area contributed by atoms with Gasteiger partial charge in [0, 0.05) is 17.9 Å². The standard InChI is InChI=1S/C23H27NO2/c1-24(2)22-19-14-13-18(21(22)16-9-5-3-6-10-16)15-20(19)26-23(25)17-11-7-4-8-12-17/h3-12,18-22H,13-15H2,1-2H3/t18-,19+,20+,21+,22+/m0/s1. The molecule has 0 aliphatic heterocycles. The zero-order valence-electron chi connectivity index (χ0n) is 15.5. The first kappa shape index (κ1) is 17.3. The third-order valence-corrected chi connectivity index (χ3v) is 6.25. The van der Waals surface area contributed by atoms with Crippen LogP contribution < -0.4 is 0 Å². The van der Waals surface area contributed by atoms with Gasteiger partial charge in [-0.2, -0.15) is 0 Å². The molecule has 26 heavy (non-hydrogen) atoms. The molecule has 0 radical (unpaired) electrons. The Morgan fingerprint density at radius 2 is 1.62 bits per heavy atom. The van der Waals surface area contributed by atoms with E-state index in [1.54, 1.807) is 0 Å². The number of benzene rings is 2. The van der Waals surface area contributed by atoms with Crippen molar-refractivity contribution in [2.75, 3.05) is 14.1 Å². The molecule has 2 aromatic rings. The maximum atomic E-state index is 12.6. The third-order valence-electron chi connectivity index (χ3n) is 6.25. The zero-order chi connectivity index (χ0) is 18.1. The maximum absolute atomic E-state index is 12.6. The van der Waals surface area contributed by atoms with Gasteiger partial charge in [0.2, 0.25) is 0 Å². The number of hydrogen-bond donors (Lipinski definition) is 0. The molecule has 0 N–H and O–H groups in total. The van der Waals surface area contributed by atoms with Gasteiger partial charge in [-0.3, -0.25) is 0 Å². The smallest absolute Gasteiger partial charge is 0.338 e. The summed E-state index contributed by atoms with van der Waals surface area (Å²) in [5.74, 6) is 1.31. The molecule has 5 atom stereocenters. The highest BCUT2D eigenvalue weighted by atomic mass is 16.5. The fourth-order valence-corrected chi connectivity index (χ4v) is 5.21. The van der Waals surface area contributed by atoms with Crippen molar-refractivity contribution in [3.8, 4) is 0 Å². The van der Waals surface area contributed by atoms with Gasteiger partial charge in [0.1, 0.15) is 6.10 Å². The van der Waals surface area contributed by atoms with Crippen LogP contribution in [0.5, 0.6) is 0 Å². The Bertz CT molecular complexity index is 743. The molecular formula is C23H27NO2. The molecular weight excluding hydrogens is 322 g/mol. The van der Waals surface area contributed by atoms with Crippen molar-refractivity contribution in [1.82, 2.24) is 4.90 Å². The van der Waals surface area contributed by atoms with Crippen LogP contribution in [0, 0.1) is 11.8 Å². The average Bonchev–Trinajstić information content (AvgIpc) is 2.69. The van der Waals surface area contributed by atoms with Crippen LogP contribution in [-0.4, -0.2) is 37.1 Å². The Morgan fingerprint density at radius 1 is 0.962 bits per heavy atom. The second-order valence-electron chi connectivity index (χ2n) is 7.94. The van der Waals surface area contributed by atoms with Crippen molar-refractivity contribution in [2.45, 2.75) is 37.3 Å². The third kappa shape index (κ3) is 3.16. The summed E-state index contributed by atoms with van der Waals surface area (Å²) in [5.41, 5.74) is 2.07. The van der Waals surface area contributed by atoms with Crippen LogP contribution in [0.15, 0.2) is 60.7 Å². The Morgan fingerprint density at radius 3 is 2.27 bits per heavy atom. The van der Waals surface area contributed by atoms with E-state index in [1.807, 2.05) is 30.3 Å². The van der Waals surface area contributed by atoms with E-state index in [0.29, 0.717) is 29.4 Å². The van der Waals surface area contributed by atoms with E-state index >= 15 is 0 Å². The largest absolute Gasteiger partial charge is 0.458 e. The Labute approximate surface area is 156 Å². The molecule has 3 saturated carbocycles. The number of rotatable bonds is 4. The van der Waals surface area contributed by atoms with Gasteiger partial charge in [0.05, 0.1) is 5.56 Å². The number of nitrogens with zero attached hydrogens (tertiary/aromatic N) is 1. The minimum atomic E-state index is -0.183. The molecule has 0 spiro atoms. The molecule has 3 fully saturated rings. The lowest BCUT2D eigenvalue weighted by atomic mass is 9.58. The number of carbonyl (C=O) groups excluding carboxylic acids is 1. The normalized spacial score (nSPS) is 30.3. The van der Waals surface area contributed by atoms with Crippen molar-refractivity contribution in [1.29, 1.82) is 0 Å². The van der Waals surface area contributed by atoms with Crippen LogP contribution in [-0.2, 0) is 4.74 Å². The van der Waals surface area contributed by atoms with Crippen LogP contribution in [0.2, 0.25) is 0 Å². The second-order valence-corrected chi connectivity index (χ2v) is 7.94. The van der Waals surface area contributed by atoms with Crippen LogP contribution in [0.3, 0.4) is 0 Å². The number of hydrogen-bond acceptors (Lipinski definition) is 3. The molecule has 0 saturated heterocycles. The van der Waals surface area contributed by atoms with E-state index in [1.165, 1.54) is 12.0 Å². The molecule has 136 valence electrons. The van der Waals surface area contributed by atoms with Crippen molar-refractivity contribution >= 4 is 5.97 Å². The highest BCUT2D eigenvalue weighted by Gasteiger charge is 2.51. The summed E-state index contributed by atoms with van der Waals surface area (Å²) < 4.78 is 6.01. The number of esters is 1. The molecule has 3 nitrogen and oxygen atoms in total. The molecule has 3 aliphatic rings. The summed E-state index contributed by atoms with van der Waals surface area (Å²) in [7, 11) is 4.33. The lowest BCUT2D eigenvalue weighted by Gasteiger charge is -2.54. The van der Waals surface area contributed by atoms with Gasteiger partial charge in [-0.25, -0.2) is 4.79 Å². The molecule has 0 heterocycles. The predicted molar refractivity (Wildman–Crippen MR) is 103 cm³/mol. The lowest BCUT2D eigenvalue weighted by molar-refractivity contribution is -0.0746. The molecule has 0 amide bonds. The quantitative estimate of drug-likeness (QED) is 0.768. The van der Waals surface area contributed by atoms with E-state index in [0.717, 1.165) is 12.8 Å². The molecule has 2 bridgehead atoms. The van der Waals surface area contributed by atoms with Crippen LogP contribution >= 0.6 is 0 Å². The average molecular weight is 349 g/mol. The molecule has 5 rings (SSSR count). The fourth-order valence-electron chi connectivity index (χ4n) is 5.21. The highest BCUT2D eigenvalue weighted by molar-refractivity contribution is 5.89. The highest BCUT2D eigenvalue weighted by Crippen LogP contribution is 2.52. The summed E-state index contributed by atoms with van der Waals surface area (Å²) in [6, 6.07) is 20.6. The van der Waals surface area contributed by atoms with Gasteiger partial charge < -0.3 is 9.64 Å². The van der Waals surface area contributed by atoms with Crippen molar-refractivity contribution in [3.63, 3.8) is 0 Å². The van der Waals surface area contributed by atoms with Crippen LogP contribution in [0.4, 0.5) is 0 Å². The van der Waals surface area contributed by atoms with E-state index in [-0.39, 0.29) is 12.1 Å². The molecule has 0 unspecified atom stereocenters. The molecule has 0 aromatic heterocycles. The topological polar surface area (TPSA) is 29.5 Å². The molecule has 3 heteroatoms. The van der Waals surface area contributed by atoms with Crippen molar-refractivity contribution in [2.24, 2.45) is 11.8 Å². The van der Waals surface area contributed by atoms with Crippen molar-refractivity contribution < 1.29 is 9.53 Å². The summed E-state index contributed by atoms with van der Waals surface area (Å²) in [6.45, 7) is 0. The van der Waals surface area contributed by atoms with Crippen molar-refractivity contribution in [3.05, 3.63) is 71.8 Å².